The van der Waals surface area contributed by atoms with Crippen molar-refractivity contribution in [1.82, 2.24) is 20.0 Å². The van der Waals surface area contributed by atoms with Crippen LogP contribution in [0, 0.1) is 20.8 Å². The maximum atomic E-state index is 12.8. The molecule has 0 saturated carbocycles. The molecule has 0 aliphatic carbocycles. The Hall–Kier alpha value is -3.10. The summed E-state index contributed by atoms with van der Waals surface area (Å²) in [4.78, 5) is 15.0. The minimum Gasteiger partial charge on any atom is -0.465 e. The van der Waals surface area contributed by atoms with E-state index in [-0.39, 0.29) is 12.1 Å². The van der Waals surface area contributed by atoms with Gasteiger partial charge in [0.15, 0.2) is 0 Å². The van der Waals surface area contributed by atoms with Gasteiger partial charge in [-0.1, -0.05) is 18.2 Å². The lowest BCUT2D eigenvalue weighted by Crippen LogP contribution is -2.44. The average molecular weight is 424 g/mol. The van der Waals surface area contributed by atoms with Crippen molar-refractivity contribution in [3.05, 3.63) is 65.4 Å². The topological polar surface area (TPSA) is 84.6 Å². The molecule has 0 radical (unpaired) electrons. The Morgan fingerprint density at radius 2 is 1.84 bits per heavy atom. The van der Waals surface area contributed by atoms with Crippen LogP contribution >= 0.6 is 0 Å². The van der Waals surface area contributed by atoms with Gasteiger partial charge in [-0.3, -0.25) is 4.90 Å². The first-order valence-electron chi connectivity index (χ1n) is 10.6. The van der Waals surface area contributed by atoms with Gasteiger partial charge in [-0.2, -0.15) is 5.10 Å². The number of furan rings is 1. The molecule has 4 rings (SSSR count). The van der Waals surface area contributed by atoms with Crippen LogP contribution in [0.25, 0.3) is 5.69 Å². The van der Waals surface area contributed by atoms with Crippen LogP contribution in [-0.4, -0.2) is 53.6 Å². The number of hydrogen-bond acceptors (Lipinski definition) is 5. The van der Waals surface area contributed by atoms with Crippen molar-refractivity contribution in [3.8, 4) is 5.69 Å². The number of anilines is 1. The van der Waals surface area contributed by atoms with Gasteiger partial charge >= 0.3 is 6.03 Å². The molecule has 164 valence electrons. The SMILES string of the molecule is Cc1ccc(C(CNC(=O)Nc2c(C)nn(-c3ccccc3)c2C)N2CCOCC2)o1. The third-order valence-electron chi connectivity index (χ3n) is 5.56. The van der Waals surface area contributed by atoms with E-state index in [2.05, 4.69) is 20.6 Å². The Balaban J connectivity index is 1.45. The first kappa shape index (κ1) is 21.1. The first-order chi connectivity index (χ1) is 15.0. The predicted octanol–water partition coefficient (Wildman–Crippen LogP) is 3.59. The number of hydrogen-bond donors (Lipinski definition) is 2. The van der Waals surface area contributed by atoms with E-state index < -0.39 is 0 Å². The Bertz CT molecular complexity index is 1020. The smallest absolute Gasteiger partial charge is 0.319 e. The Labute approximate surface area is 182 Å². The molecule has 1 aliphatic heterocycles. The van der Waals surface area contributed by atoms with Crippen molar-refractivity contribution in [2.75, 3.05) is 38.2 Å². The van der Waals surface area contributed by atoms with Crippen LogP contribution in [0.2, 0.25) is 0 Å². The highest BCUT2D eigenvalue weighted by Gasteiger charge is 2.26. The molecule has 2 aromatic heterocycles. The Kier molecular flexibility index (Phi) is 6.39. The van der Waals surface area contributed by atoms with Gasteiger partial charge in [0, 0.05) is 19.6 Å². The molecule has 3 heterocycles. The number of carbonyl (C=O) groups excluding carboxylic acids is 1. The van der Waals surface area contributed by atoms with E-state index in [1.54, 1.807) is 0 Å². The van der Waals surface area contributed by atoms with Gasteiger partial charge < -0.3 is 19.8 Å². The zero-order valence-electron chi connectivity index (χ0n) is 18.2. The first-order valence-corrected chi connectivity index (χ1v) is 10.6. The van der Waals surface area contributed by atoms with Crippen molar-refractivity contribution in [2.45, 2.75) is 26.8 Å². The van der Waals surface area contributed by atoms with Gasteiger partial charge in [-0.25, -0.2) is 9.48 Å². The second-order valence-corrected chi connectivity index (χ2v) is 7.74. The summed E-state index contributed by atoms with van der Waals surface area (Å²) in [5, 5.41) is 10.6. The van der Waals surface area contributed by atoms with Gasteiger partial charge in [0.25, 0.3) is 0 Å². The lowest BCUT2D eigenvalue weighted by atomic mass is 10.1. The zero-order valence-corrected chi connectivity index (χ0v) is 18.2. The number of nitrogens with one attached hydrogen (secondary N) is 2. The standard InChI is InChI=1S/C23H29N5O3/c1-16-9-10-21(31-16)20(27-11-13-30-14-12-27)15-24-23(29)25-22-17(2)26-28(18(22)3)19-7-5-4-6-8-19/h4-10,20H,11-15H2,1-3H3,(H2,24,25,29). The number of morpholine rings is 1. The molecular formula is C23H29N5O3. The van der Waals surface area contributed by atoms with Crippen LogP contribution in [0.1, 0.15) is 29.0 Å². The molecule has 1 atom stereocenters. The van der Waals surface area contributed by atoms with E-state index in [1.807, 2.05) is 67.9 Å². The van der Waals surface area contributed by atoms with Crippen LogP contribution in [0.15, 0.2) is 46.9 Å². The molecule has 3 aromatic rings. The largest absolute Gasteiger partial charge is 0.465 e. The lowest BCUT2D eigenvalue weighted by Gasteiger charge is -2.33. The fraction of sp³-hybridized carbons (Fsp3) is 0.391. The van der Waals surface area contributed by atoms with E-state index in [9.17, 15) is 4.79 Å². The maximum absolute atomic E-state index is 12.8. The minimum absolute atomic E-state index is 0.0439. The molecule has 1 unspecified atom stereocenters. The van der Waals surface area contributed by atoms with Crippen LogP contribution in [0.3, 0.4) is 0 Å². The van der Waals surface area contributed by atoms with Crippen LogP contribution in [0.4, 0.5) is 10.5 Å². The third kappa shape index (κ3) is 4.81. The lowest BCUT2D eigenvalue weighted by molar-refractivity contribution is 0.0122. The second kappa shape index (κ2) is 9.36. The summed E-state index contributed by atoms with van der Waals surface area (Å²) in [6.07, 6.45) is 0. The molecular weight excluding hydrogens is 394 g/mol. The monoisotopic (exact) mass is 423 g/mol. The summed E-state index contributed by atoms with van der Waals surface area (Å²) >= 11 is 0. The molecule has 1 aromatic carbocycles. The third-order valence-corrected chi connectivity index (χ3v) is 5.56. The average Bonchev–Trinajstić information content (AvgIpc) is 3.33. The summed E-state index contributed by atoms with van der Waals surface area (Å²) < 4.78 is 13.2. The van der Waals surface area contributed by atoms with Crippen molar-refractivity contribution < 1.29 is 13.9 Å². The zero-order chi connectivity index (χ0) is 21.8. The molecule has 0 bridgehead atoms. The van der Waals surface area contributed by atoms with Gasteiger partial charge in [0.05, 0.1) is 42.0 Å². The fourth-order valence-corrected chi connectivity index (χ4v) is 3.92. The van der Waals surface area contributed by atoms with E-state index in [0.29, 0.717) is 19.8 Å². The van der Waals surface area contributed by atoms with E-state index >= 15 is 0 Å². The summed E-state index contributed by atoms with van der Waals surface area (Å²) in [6.45, 7) is 9.17. The Morgan fingerprint density at radius 1 is 1.10 bits per heavy atom. The summed E-state index contributed by atoms with van der Waals surface area (Å²) in [5.41, 5.74) is 3.32. The number of ether oxygens (including phenoxy) is 1. The van der Waals surface area contributed by atoms with E-state index in [0.717, 1.165) is 47.4 Å². The van der Waals surface area contributed by atoms with E-state index in [4.69, 9.17) is 9.15 Å². The van der Waals surface area contributed by atoms with Crippen LogP contribution in [-0.2, 0) is 4.74 Å². The summed E-state index contributed by atoms with van der Waals surface area (Å²) in [5.74, 6) is 1.71. The molecule has 8 heteroatoms. The molecule has 2 amide bonds. The number of urea groups is 1. The normalized spacial score (nSPS) is 15.6. The molecule has 1 aliphatic rings. The number of aryl methyl sites for hydroxylation is 2. The van der Waals surface area contributed by atoms with Crippen LogP contribution in [0.5, 0.6) is 0 Å². The number of nitrogens with zero attached hydrogens (tertiary/aromatic N) is 3. The van der Waals surface area contributed by atoms with Gasteiger partial charge in [-0.15, -0.1) is 0 Å². The van der Waals surface area contributed by atoms with E-state index in [1.165, 1.54) is 0 Å². The highest BCUT2D eigenvalue weighted by Crippen LogP contribution is 2.25. The minimum atomic E-state index is -0.264. The highest BCUT2D eigenvalue weighted by atomic mass is 16.5. The second-order valence-electron chi connectivity index (χ2n) is 7.74. The van der Waals surface area contributed by atoms with Gasteiger partial charge in [-0.05, 0) is 45.0 Å². The van der Waals surface area contributed by atoms with Crippen molar-refractivity contribution in [1.29, 1.82) is 0 Å². The summed E-state index contributed by atoms with van der Waals surface area (Å²) in [6, 6.07) is 13.5. The highest BCUT2D eigenvalue weighted by molar-refractivity contribution is 5.90. The quantitative estimate of drug-likeness (QED) is 0.633. The van der Waals surface area contributed by atoms with Gasteiger partial charge in [0.1, 0.15) is 11.5 Å². The molecule has 2 N–H and O–H groups in total. The summed E-state index contributed by atoms with van der Waals surface area (Å²) in [7, 11) is 0. The van der Waals surface area contributed by atoms with Crippen LogP contribution < -0.4 is 10.6 Å². The molecule has 0 spiro atoms. The molecule has 31 heavy (non-hydrogen) atoms. The fourth-order valence-electron chi connectivity index (χ4n) is 3.92. The molecule has 1 saturated heterocycles. The molecule has 8 nitrogen and oxygen atoms in total. The van der Waals surface area contributed by atoms with Gasteiger partial charge in [0.2, 0.25) is 0 Å². The van der Waals surface area contributed by atoms with Crippen molar-refractivity contribution in [2.24, 2.45) is 0 Å². The number of amides is 2. The molecule has 1 fully saturated rings. The Morgan fingerprint density at radius 3 is 2.52 bits per heavy atom. The predicted molar refractivity (Wildman–Crippen MR) is 119 cm³/mol. The van der Waals surface area contributed by atoms with Crippen molar-refractivity contribution in [3.63, 3.8) is 0 Å². The number of benzene rings is 1. The maximum Gasteiger partial charge on any atom is 0.319 e. The number of carbonyl (C=O) groups is 1. The number of para-hydroxylation sites is 1. The van der Waals surface area contributed by atoms with Crippen molar-refractivity contribution >= 4 is 11.7 Å². The number of rotatable bonds is 6. The number of aromatic nitrogens is 2.